The number of rotatable bonds is 7. The van der Waals surface area contributed by atoms with Crippen LogP contribution in [0.3, 0.4) is 0 Å². The average molecular weight is 558 g/mol. The molecule has 2 aliphatic carbocycles. The van der Waals surface area contributed by atoms with Crippen LogP contribution in [-0.2, 0) is 4.79 Å². The van der Waals surface area contributed by atoms with E-state index in [2.05, 4.69) is 25.8 Å². The molecule has 1 saturated heterocycles. The van der Waals surface area contributed by atoms with Crippen molar-refractivity contribution in [3.05, 3.63) is 41.7 Å². The normalized spacial score (nSPS) is 22.5. The molecule has 3 N–H and O–H groups in total. The van der Waals surface area contributed by atoms with Crippen LogP contribution in [0.5, 0.6) is 5.88 Å². The molecule has 3 aromatic rings. The summed E-state index contributed by atoms with van der Waals surface area (Å²) in [6.45, 7) is -0.451. The van der Waals surface area contributed by atoms with E-state index >= 15 is 0 Å². The topological polar surface area (TPSA) is 129 Å². The van der Waals surface area contributed by atoms with Crippen LogP contribution < -0.4 is 15.4 Å². The number of aromatic nitrogens is 3. The van der Waals surface area contributed by atoms with Crippen LogP contribution in [0.1, 0.15) is 47.9 Å². The Balaban J connectivity index is 1.19. The number of aromatic amines is 1. The fraction of sp³-hybridized carbons (Fsp3) is 0.444. The lowest BCUT2D eigenvalue weighted by molar-refractivity contribution is -0.159. The van der Waals surface area contributed by atoms with E-state index in [-0.39, 0.29) is 42.2 Å². The second-order valence-electron chi connectivity index (χ2n) is 10.6. The number of hydrogen-bond donors (Lipinski definition) is 3. The van der Waals surface area contributed by atoms with Gasteiger partial charge in [0.1, 0.15) is 11.7 Å². The van der Waals surface area contributed by atoms with Gasteiger partial charge in [0.25, 0.3) is 11.8 Å². The van der Waals surface area contributed by atoms with Crippen molar-refractivity contribution in [1.29, 1.82) is 0 Å². The Labute approximate surface area is 228 Å². The van der Waals surface area contributed by atoms with Crippen molar-refractivity contribution in [3.8, 4) is 17.0 Å². The van der Waals surface area contributed by atoms with E-state index in [1.807, 2.05) is 0 Å². The van der Waals surface area contributed by atoms with Gasteiger partial charge in [0, 0.05) is 48.5 Å². The van der Waals surface area contributed by atoms with Gasteiger partial charge in [-0.1, -0.05) is 6.07 Å². The SMILES string of the molecule is [2H]COc1ncc(-c2ccc3c(C(=O)NC4CC4)n[nH]c3c2)cc1C(=O)N[C@@H]1CN(C(=O)C2CC(F)(F)C2)C[C@@H]1F. The molecule has 6 rings (SSSR count). The second-order valence-corrected chi connectivity index (χ2v) is 10.6. The molecule has 0 bridgehead atoms. The van der Waals surface area contributed by atoms with Crippen LogP contribution in [-0.4, -0.2) is 82.2 Å². The van der Waals surface area contributed by atoms with Gasteiger partial charge in [-0.2, -0.15) is 5.10 Å². The van der Waals surface area contributed by atoms with Crippen molar-refractivity contribution in [2.75, 3.05) is 20.2 Å². The van der Waals surface area contributed by atoms with E-state index in [4.69, 9.17) is 6.11 Å². The van der Waals surface area contributed by atoms with Gasteiger partial charge >= 0.3 is 0 Å². The van der Waals surface area contributed by atoms with E-state index in [0.717, 1.165) is 12.8 Å². The minimum absolute atomic E-state index is 0.0421. The molecule has 10 nitrogen and oxygen atoms in total. The Morgan fingerprint density at radius 3 is 2.65 bits per heavy atom. The Kier molecular flexibility index (Phi) is 6.08. The number of carbonyl (C=O) groups is 3. The molecule has 3 heterocycles. The lowest BCUT2D eigenvalue weighted by Crippen LogP contribution is -2.47. The van der Waals surface area contributed by atoms with Crippen LogP contribution in [0.4, 0.5) is 13.2 Å². The molecule has 40 heavy (non-hydrogen) atoms. The van der Waals surface area contributed by atoms with Crippen molar-refractivity contribution in [1.82, 2.24) is 30.7 Å². The van der Waals surface area contributed by atoms with Gasteiger partial charge in [-0.05, 0) is 36.6 Å². The molecule has 2 saturated carbocycles. The number of fused-ring (bicyclic) bond motifs is 1. The number of amides is 3. The second kappa shape index (κ2) is 9.79. The maximum Gasteiger partial charge on any atom is 0.272 e. The third-order valence-corrected chi connectivity index (χ3v) is 7.57. The standard InChI is InChI=1S/C27H27F3N6O4/c1-40-25-18(23(37)33-21-12-36(11-19(21)28)26(39)15-8-27(29,30)9-15)6-14(10-31-25)13-2-5-17-20(7-13)34-35-22(17)24(38)32-16-3-4-16/h2,5-7,10,15-16,19,21H,3-4,8-9,11-12H2,1H3,(H,32,38)(H,33,37)(H,34,35)/t19-,21+/m0/s1/i1D. The largest absolute Gasteiger partial charge is 0.480 e. The van der Waals surface area contributed by atoms with Crippen LogP contribution in [0.15, 0.2) is 30.5 Å². The monoisotopic (exact) mass is 557 g/mol. The van der Waals surface area contributed by atoms with Gasteiger partial charge < -0.3 is 20.3 Å². The first kappa shape index (κ1) is 24.9. The number of nitrogens with one attached hydrogen (secondary N) is 3. The highest BCUT2D eigenvalue weighted by Crippen LogP contribution is 2.43. The summed E-state index contributed by atoms with van der Waals surface area (Å²) in [6.07, 6.45) is 0.666. The molecule has 3 amide bonds. The maximum atomic E-state index is 14.8. The summed E-state index contributed by atoms with van der Waals surface area (Å²) < 4.78 is 53.8. The summed E-state index contributed by atoms with van der Waals surface area (Å²) in [6, 6.07) is 5.86. The smallest absolute Gasteiger partial charge is 0.272 e. The Morgan fingerprint density at radius 1 is 1.12 bits per heavy atom. The number of hydrogen-bond acceptors (Lipinski definition) is 6. The highest BCUT2D eigenvalue weighted by molar-refractivity contribution is 6.05. The molecular formula is C27H27F3N6O4. The minimum Gasteiger partial charge on any atom is -0.480 e. The van der Waals surface area contributed by atoms with Gasteiger partial charge in [0.05, 0.1) is 26.6 Å². The summed E-state index contributed by atoms with van der Waals surface area (Å²) in [7, 11) is -0.512. The summed E-state index contributed by atoms with van der Waals surface area (Å²) >= 11 is 0. The maximum absolute atomic E-state index is 14.8. The quantitative estimate of drug-likeness (QED) is 0.410. The van der Waals surface area contributed by atoms with Gasteiger partial charge in [-0.3, -0.25) is 19.5 Å². The lowest BCUT2D eigenvalue weighted by atomic mass is 9.80. The highest BCUT2D eigenvalue weighted by atomic mass is 19.3. The number of pyridine rings is 1. The summed E-state index contributed by atoms with van der Waals surface area (Å²) in [5, 5.41) is 13.1. The minimum atomic E-state index is -2.87. The zero-order valence-corrected chi connectivity index (χ0v) is 21.3. The summed E-state index contributed by atoms with van der Waals surface area (Å²) in [5.74, 6) is -5.36. The molecule has 13 heteroatoms. The van der Waals surface area contributed by atoms with E-state index in [0.29, 0.717) is 22.0 Å². The predicted molar refractivity (Wildman–Crippen MR) is 137 cm³/mol. The van der Waals surface area contributed by atoms with E-state index in [1.165, 1.54) is 17.2 Å². The Hall–Kier alpha value is -4.16. The first-order valence-corrected chi connectivity index (χ1v) is 12.9. The van der Waals surface area contributed by atoms with Gasteiger partial charge in [0.2, 0.25) is 17.7 Å². The summed E-state index contributed by atoms with van der Waals surface area (Å²) in [4.78, 5) is 43.6. The number of nitrogens with zero attached hydrogens (tertiary/aromatic N) is 3. The third-order valence-electron chi connectivity index (χ3n) is 7.57. The van der Waals surface area contributed by atoms with E-state index in [9.17, 15) is 27.6 Å². The molecule has 1 aliphatic heterocycles. The predicted octanol–water partition coefficient (Wildman–Crippen LogP) is 2.85. The van der Waals surface area contributed by atoms with Crippen LogP contribution in [0.25, 0.3) is 22.0 Å². The number of halogens is 3. The summed E-state index contributed by atoms with van der Waals surface area (Å²) in [5.41, 5.74) is 2.00. The molecule has 210 valence electrons. The highest BCUT2D eigenvalue weighted by Gasteiger charge is 2.51. The van der Waals surface area contributed by atoms with Gasteiger partial charge in [-0.15, -0.1) is 0 Å². The first-order valence-electron chi connectivity index (χ1n) is 13.7. The Bertz CT molecular complexity index is 1520. The molecule has 1 aromatic carbocycles. The molecular weight excluding hydrogens is 529 g/mol. The number of alkyl halides is 3. The zero-order chi connectivity index (χ0) is 28.9. The third kappa shape index (κ3) is 4.95. The van der Waals surface area contributed by atoms with Crippen molar-refractivity contribution >= 4 is 28.6 Å². The number of methoxy groups -OCH3 is 1. The molecule has 0 spiro atoms. The average Bonchev–Trinajstić information content (AvgIpc) is 3.52. The van der Waals surface area contributed by atoms with Crippen LogP contribution in [0, 0.1) is 5.92 Å². The van der Waals surface area contributed by atoms with Crippen LogP contribution in [0.2, 0.25) is 0 Å². The van der Waals surface area contributed by atoms with Crippen molar-refractivity contribution < 1.29 is 33.7 Å². The molecule has 3 aliphatic rings. The fourth-order valence-electron chi connectivity index (χ4n) is 5.16. The number of benzene rings is 1. The molecule has 0 unspecified atom stereocenters. The number of H-pyrrole nitrogens is 1. The van der Waals surface area contributed by atoms with Gasteiger partial charge in [0.15, 0.2) is 5.69 Å². The molecule has 2 atom stereocenters. The number of carbonyl (C=O) groups excluding carboxylic acids is 3. The van der Waals surface area contributed by atoms with Crippen molar-refractivity contribution in [2.45, 2.75) is 49.9 Å². The van der Waals surface area contributed by atoms with E-state index in [1.54, 1.807) is 18.2 Å². The fourth-order valence-corrected chi connectivity index (χ4v) is 5.16. The van der Waals surface area contributed by atoms with Gasteiger partial charge in [-0.25, -0.2) is 18.2 Å². The molecule has 3 fully saturated rings. The first-order chi connectivity index (χ1) is 19.6. The number of ether oxygens (including phenoxy) is 1. The molecule has 0 radical (unpaired) electrons. The zero-order valence-electron chi connectivity index (χ0n) is 22.3. The van der Waals surface area contributed by atoms with E-state index < -0.39 is 55.8 Å². The Morgan fingerprint density at radius 2 is 1.93 bits per heavy atom. The van der Waals surface area contributed by atoms with Crippen LogP contribution >= 0.6 is 0 Å². The lowest BCUT2D eigenvalue weighted by Gasteiger charge is -2.36. The van der Waals surface area contributed by atoms with Crippen molar-refractivity contribution in [3.63, 3.8) is 0 Å². The number of likely N-dealkylation sites (tertiary alicyclic amines) is 1. The van der Waals surface area contributed by atoms with Crippen molar-refractivity contribution in [2.24, 2.45) is 5.92 Å². The molecule has 2 aromatic heterocycles.